The molecule has 2 rings (SSSR count). The minimum Gasteiger partial charge on any atom is -0.468 e. The summed E-state index contributed by atoms with van der Waals surface area (Å²) in [4.78, 5) is 38.5. The molecule has 0 fully saturated rings. The molecule has 0 saturated heterocycles. The molecule has 0 bridgehead atoms. The molecule has 0 radical (unpaired) electrons. The molecule has 0 aliphatic carbocycles. The number of hydrogen-bond donors (Lipinski definition) is 2. The lowest BCUT2D eigenvalue weighted by atomic mass is 10.0. The SMILES string of the molecule is CCCCC(NC(=O)C(CC(C)C)NC(=O)c1cc(F)cc(F)c1)C(=O)CSCc1ccco1. The Labute approximate surface area is 203 Å². The second kappa shape index (κ2) is 13.9. The van der Waals surface area contributed by atoms with Crippen LogP contribution in [0.25, 0.3) is 0 Å². The molecule has 0 saturated carbocycles. The summed E-state index contributed by atoms with van der Waals surface area (Å²) in [5, 5.41) is 5.36. The first-order chi connectivity index (χ1) is 16.2. The molecular formula is C25H32F2N2O4S. The number of carbonyl (C=O) groups excluding carboxylic acids is 3. The fourth-order valence-corrected chi connectivity index (χ4v) is 4.24. The van der Waals surface area contributed by atoms with E-state index in [1.807, 2.05) is 26.8 Å². The van der Waals surface area contributed by atoms with E-state index >= 15 is 0 Å². The number of ketones is 1. The molecule has 1 aromatic heterocycles. The minimum atomic E-state index is -0.952. The van der Waals surface area contributed by atoms with Gasteiger partial charge in [-0.2, -0.15) is 0 Å². The maximum Gasteiger partial charge on any atom is 0.252 e. The highest BCUT2D eigenvalue weighted by molar-refractivity contribution is 7.99. The number of unbranched alkanes of at least 4 members (excludes halogenated alkanes) is 1. The summed E-state index contributed by atoms with van der Waals surface area (Å²) < 4.78 is 32.3. The second-order valence-electron chi connectivity index (χ2n) is 8.56. The standard InChI is InChI=1S/C25H32F2N2O4S/c1-4-5-8-21(23(30)15-34-14-20-7-6-9-33-20)28-25(32)22(10-16(2)3)29-24(31)17-11-18(26)13-19(27)12-17/h6-7,9,11-13,16,21-22H,4-5,8,10,14-15H2,1-3H3,(H,28,32)(H,29,31). The third-order valence-corrected chi connectivity index (χ3v) is 6.05. The number of rotatable bonds is 14. The first kappa shape index (κ1) is 27.6. The summed E-state index contributed by atoms with van der Waals surface area (Å²) in [6, 6.07) is 4.46. The molecule has 0 spiro atoms. The highest BCUT2D eigenvalue weighted by atomic mass is 32.2. The van der Waals surface area contributed by atoms with Crippen LogP contribution in [0.5, 0.6) is 0 Å². The molecule has 0 aliphatic rings. The Morgan fingerprint density at radius 2 is 1.76 bits per heavy atom. The van der Waals surface area contributed by atoms with Crippen molar-refractivity contribution in [2.24, 2.45) is 5.92 Å². The van der Waals surface area contributed by atoms with Crippen molar-refractivity contribution in [3.05, 3.63) is 59.6 Å². The molecule has 34 heavy (non-hydrogen) atoms. The van der Waals surface area contributed by atoms with Crippen LogP contribution < -0.4 is 10.6 Å². The predicted octanol–water partition coefficient (Wildman–Crippen LogP) is 4.88. The molecular weight excluding hydrogens is 462 g/mol. The monoisotopic (exact) mass is 494 g/mol. The van der Waals surface area contributed by atoms with Crippen molar-refractivity contribution in [2.75, 3.05) is 5.75 Å². The van der Waals surface area contributed by atoms with Crippen LogP contribution in [0, 0.1) is 17.6 Å². The van der Waals surface area contributed by atoms with Crippen LogP contribution >= 0.6 is 11.8 Å². The van der Waals surface area contributed by atoms with Gasteiger partial charge >= 0.3 is 0 Å². The number of hydrogen-bond acceptors (Lipinski definition) is 5. The topological polar surface area (TPSA) is 88.4 Å². The van der Waals surface area contributed by atoms with Crippen molar-refractivity contribution in [1.82, 2.24) is 10.6 Å². The molecule has 6 nitrogen and oxygen atoms in total. The van der Waals surface area contributed by atoms with Gasteiger partial charge in [-0.05, 0) is 43.0 Å². The Morgan fingerprint density at radius 1 is 1.06 bits per heavy atom. The van der Waals surface area contributed by atoms with Gasteiger partial charge in [-0.25, -0.2) is 8.78 Å². The van der Waals surface area contributed by atoms with Crippen molar-refractivity contribution in [1.29, 1.82) is 0 Å². The van der Waals surface area contributed by atoms with Crippen LogP contribution in [0.15, 0.2) is 41.0 Å². The zero-order valence-corrected chi connectivity index (χ0v) is 20.6. The number of amides is 2. The fourth-order valence-electron chi connectivity index (χ4n) is 3.37. The molecule has 2 N–H and O–H groups in total. The maximum atomic E-state index is 13.5. The molecule has 1 heterocycles. The summed E-state index contributed by atoms with van der Waals surface area (Å²) in [5.41, 5.74) is -0.216. The van der Waals surface area contributed by atoms with Gasteiger partial charge < -0.3 is 15.1 Å². The van der Waals surface area contributed by atoms with Gasteiger partial charge in [0.1, 0.15) is 23.4 Å². The van der Waals surface area contributed by atoms with E-state index in [-0.39, 0.29) is 23.0 Å². The Morgan fingerprint density at radius 3 is 2.35 bits per heavy atom. The zero-order chi connectivity index (χ0) is 25.1. The van der Waals surface area contributed by atoms with Crippen LogP contribution in [0.4, 0.5) is 8.78 Å². The van der Waals surface area contributed by atoms with Gasteiger partial charge in [0.05, 0.1) is 23.8 Å². The average Bonchev–Trinajstić information content (AvgIpc) is 3.28. The molecule has 1 aromatic carbocycles. The molecule has 9 heteroatoms. The van der Waals surface area contributed by atoms with Crippen molar-refractivity contribution in [3.8, 4) is 0 Å². The smallest absolute Gasteiger partial charge is 0.252 e. The van der Waals surface area contributed by atoms with Gasteiger partial charge in [0.25, 0.3) is 5.91 Å². The highest BCUT2D eigenvalue weighted by Gasteiger charge is 2.27. The number of benzene rings is 1. The van der Waals surface area contributed by atoms with E-state index in [0.29, 0.717) is 24.7 Å². The summed E-state index contributed by atoms with van der Waals surface area (Å²) in [7, 11) is 0. The van der Waals surface area contributed by atoms with Gasteiger partial charge in [-0.3, -0.25) is 14.4 Å². The summed E-state index contributed by atoms with van der Waals surface area (Å²) >= 11 is 1.40. The van der Waals surface area contributed by atoms with E-state index in [1.165, 1.54) is 11.8 Å². The summed E-state index contributed by atoms with van der Waals surface area (Å²) in [6.07, 6.45) is 3.97. The van der Waals surface area contributed by atoms with Crippen molar-refractivity contribution >= 4 is 29.4 Å². The average molecular weight is 495 g/mol. The lowest BCUT2D eigenvalue weighted by molar-refractivity contribution is -0.128. The minimum absolute atomic E-state index is 0.0499. The van der Waals surface area contributed by atoms with Crippen molar-refractivity contribution < 1.29 is 27.6 Å². The number of furan rings is 1. The lowest BCUT2D eigenvalue weighted by Gasteiger charge is -2.24. The van der Waals surface area contributed by atoms with E-state index in [0.717, 1.165) is 30.7 Å². The quantitative estimate of drug-likeness (QED) is 0.391. The van der Waals surface area contributed by atoms with E-state index in [1.54, 1.807) is 12.3 Å². The molecule has 186 valence electrons. The van der Waals surface area contributed by atoms with Gasteiger partial charge in [0.15, 0.2) is 5.78 Å². The summed E-state index contributed by atoms with van der Waals surface area (Å²) in [6.45, 7) is 5.77. The first-order valence-corrected chi connectivity index (χ1v) is 12.5. The largest absolute Gasteiger partial charge is 0.468 e. The molecule has 2 unspecified atom stereocenters. The molecule has 2 amide bonds. The first-order valence-electron chi connectivity index (χ1n) is 11.4. The summed E-state index contributed by atoms with van der Waals surface area (Å²) in [5.74, 6) is -1.56. The molecule has 2 atom stereocenters. The maximum absolute atomic E-state index is 13.5. The van der Waals surface area contributed by atoms with Crippen molar-refractivity contribution in [3.63, 3.8) is 0 Å². The van der Waals surface area contributed by atoms with E-state index in [4.69, 9.17) is 4.42 Å². The van der Waals surface area contributed by atoms with Gasteiger partial charge in [-0.15, -0.1) is 11.8 Å². The number of carbonyl (C=O) groups is 3. The van der Waals surface area contributed by atoms with Crippen LogP contribution in [0.3, 0.4) is 0 Å². The van der Waals surface area contributed by atoms with Gasteiger partial charge in [0.2, 0.25) is 5.91 Å². The predicted molar refractivity (Wildman–Crippen MR) is 128 cm³/mol. The highest BCUT2D eigenvalue weighted by Crippen LogP contribution is 2.15. The second-order valence-corrected chi connectivity index (χ2v) is 9.54. The van der Waals surface area contributed by atoms with Crippen LogP contribution in [-0.4, -0.2) is 35.4 Å². The molecule has 2 aromatic rings. The van der Waals surface area contributed by atoms with E-state index in [2.05, 4.69) is 10.6 Å². The Hall–Kier alpha value is -2.68. The van der Waals surface area contributed by atoms with E-state index in [9.17, 15) is 23.2 Å². The number of Topliss-reactive ketones (excluding diaryl/α,β-unsaturated/α-hetero) is 1. The number of nitrogens with one attached hydrogen (secondary N) is 2. The zero-order valence-electron chi connectivity index (χ0n) is 19.7. The van der Waals surface area contributed by atoms with Crippen LogP contribution in [-0.2, 0) is 15.3 Å². The van der Waals surface area contributed by atoms with Crippen molar-refractivity contribution in [2.45, 2.75) is 64.3 Å². The number of thioether (sulfide) groups is 1. The van der Waals surface area contributed by atoms with Gasteiger partial charge in [0, 0.05) is 11.6 Å². The Balaban J connectivity index is 2.05. The normalized spacial score (nSPS) is 12.9. The lowest BCUT2D eigenvalue weighted by Crippen LogP contribution is -2.52. The Bertz CT molecular complexity index is 930. The van der Waals surface area contributed by atoms with Crippen LogP contribution in [0.2, 0.25) is 0 Å². The van der Waals surface area contributed by atoms with Crippen LogP contribution in [0.1, 0.15) is 62.6 Å². The Kier molecular flexibility index (Phi) is 11.3. The fraction of sp³-hybridized carbons (Fsp3) is 0.480. The third kappa shape index (κ3) is 9.29. The third-order valence-electron chi connectivity index (χ3n) is 5.07. The van der Waals surface area contributed by atoms with E-state index < -0.39 is 35.5 Å². The number of halogens is 2. The van der Waals surface area contributed by atoms with Gasteiger partial charge in [-0.1, -0.05) is 33.6 Å². The molecule has 0 aliphatic heterocycles.